The minimum absolute atomic E-state index is 0.0526. The Kier molecular flexibility index (Phi) is 6.92. The lowest BCUT2D eigenvalue weighted by atomic mass is 10.1. The molecule has 0 bridgehead atoms. The number of thioether (sulfide) groups is 1. The van der Waals surface area contributed by atoms with Gasteiger partial charge in [0.05, 0.1) is 30.8 Å². The molecule has 2 aliphatic rings. The van der Waals surface area contributed by atoms with Gasteiger partial charge in [0.15, 0.2) is 5.17 Å². The lowest BCUT2D eigenvalue weighted by Gasteiger charge is -2.27. The number of carbonyl (C=O) groups is 2. The van der Waals surface area contributed by atoms with Gasteiger partial charge >= 0.3 is 0 Å². The van der Waals surface area contributed by atoms with Gasteiger partial charge in [0, 0.05) is 11.6 Å². The predicted molar refractivity (Wildman–Crippen MR) is 135 cm³/mol. The van der Waals surface area contributed by atoms with E-state index in [4.69, 9.17) is 19.5 Å². The van der Waals surface area contributed by atoms with Crippen LogP contribution < -0.4 is 14.8 Å². The van der Waals surface area contributed by atoms with E-state index >= 15 is 0 Å². The normalized spacial score (nSPS) is 17.5. The van der Waals surface area contributed by atoms with Crippen molar-refractivity contribution in [3.8, 4) is 11.5 Å². The molecule has 178 valence electrons. The summed E-state index contributed by atoms with van der Waals surface area (Å²) in [5.74, 6) is 1.47. The van der Waals surface area contributed by atoms with Gasteiger partial charge in [-0.3, -0.25) is 14.6 Å². The van der Waals surface area contributed by atoms with E-state index in [-0.39, 0.29) is 17.7 Å². The molecule has 2 heterocycles. The number of rotatable bonds is 7. The molecule has 2 aromatic carbocycles. The quantitative estimate of drug-likeness (QED) is 0.631. The number of hydrogen-bond acceptors (Lipinski definition) is 7. The first kappa shape index (κ1) is 23.8. The van der Waals surface area contributed by atoms with Crippen molar-refractivity contribution in [1.82, 2.24) is 4.90 Å². The van der Waals surface area contributed by atoms with Crippen molar-refractivity contribution < 1.29 is 19.1 Å². The highest BCUT2D eigenvalue weighted by Crippen LogP contribution is 2.37. The van der Waals surface area contributed by atoms with Crippen LogP contribution in [0.2, 0.25) is 0 Å². The van der Waals surface area contributed by atoms with Crippen molar-refractivity contribution in [3.63, 3.8) is 0 Å². The first-order valence-electron chi connectivity index (χ1n) is 11.2. The molecule has 34 heavy (non-hydrogen) atoms. The molecule has 0 aliphatic carbocycles. The second-order valence-corrected chi connectivity index (χ2v) is 9.47. The fourth-order valence-electron chi connectivity index (χ4n) is 3.85. The predicted octanol–water partition coefficient (Wildman–Crippen LogP) is 4.47. The molecular formula is C25H28N4O4S. The van der Waals surface area contributed by atoms with Gasteiger partial charge in [-0.1, -0.05) is 44.7 Å². The van der Waals surface area contributed by atoms with E-state index in [9.17, 15) is 9.59 Å². The van der Waals surface area contributed by atoms with E-state index in [1.54, 1.807) is 30.2 Å². The van der Waals surface area contributed by atoms with Gasteiger partial charge in [-0.15, -0.1) is 0 Å². The van der Waals surface area contributed by atoms with Gasteiger partial charge < -0.3 is 14.8 Å². The number of ether oxygens (including phenoxy) is 2. The monoisotopic (exact) mass is 480 g/mol. The standard InChI is InChI=1S/C25H28N4O4S/c1-6-20(23(30)26-18-12-11-15(32-4)13-19(18)33-5)34-25-27-17-10-8-7-9-16(17)22-28-21(14(2)3)24(31)29(22)25/h7-14,20-21H,6H2,1-5H3,(H,26,30)/t20-,21+/m0/s1. The lowest BCUT2D eigenvalue weighted by molar-refractivity contribution is -0.125. The summed E-state index contributed by atoms with van der Waals surface area (Å²) >= 11 is 1.27. The maximum atomic E-state index is 13.3. The summed E-state index contributed by atoms with van der Waals surface area (Å²) in [6.07, 6.45) is 0.539. The summed E-state index contributed by atoms with van der Waals surface area (Å²) in [7, 11) is 3.11. The van der Waals surface area contributed by atoms with Crippen LogP contribution in [0.5, 0.6) is 11.5 Å². The second-order valence-electron chi connectivity index (χ2n) is 8.30. The van der Waals surface area contributed by atoms with Crippen molar-refractivity contribution in [2.75, 3.05) is 19.5 Å². The van der Waals surface area contributed by atoms with Gasteiger partial charge in [-0.2, -0.15) is 0 Å². The van der Waals surface area contributed by atoms with E-state index in [2.05, 4.69) is 5.32 Å². The number of anilines is 1. The Morgan fingerprint density at radius 3 is 2.62 bits per heavy atom. The fourth-order valence-corrected chi connectivity index (χ4v) is 4.87. The van der Waals surface area contributed by atoms with E-state index in [1.807, 2.05) is 45.0 Å². The number of aliphatic imine (C=N–C) groups is 2. The number of amidine groups is 2. The van der Waals surface area contributed by atoms with E-state index in [0.717, 1.165) is 11.3 Å². The van der Waals surface area contributed by atoms with Crippen molar-refractivity contribution in [2.45, 2.75) is 38.5 Å². The molecule has 2 atom stereocenters. The van der Waals surface area contributed by atoms with Gasteiger partial charge in [0.25, 0.3) is 5.91 Å². The molecule has 8 nitrogen and oxygen atoms in total. The number of carbonyl (C=O) groups excluding carboxylic acids is 2. The topological polar surface area (TPSA) is 92.6 Å². The molecule has 0 saturated heterocycles. The Hall–Kier alpha value is -3.33. The van der Waals surface area contributed by atoms with Crippen LogP contribution in [0.25, 0.3) is 0 Å². The largest absolute Gasteiger partial charge is 0.497 e. The first-order valence-corrected chi connectivity index (χ1v) is 12.0. The molecular weight excluding hydrogens is 452 g/mol. The molecule has 2 amide bonds. The number of nitrogens with one attached hydrogen (secondary N) is 1. The molecule has 2 aromatic rings. The first-order chi connectivity index (χ1) is 16.4. The number of methoxy groups -OCH3 is 2. The highest BCUT2D eigenvalue weighted by Gasteiger charge is 2.43. The zero-order chi connectivity index (χ0) is 24.4. The molecule has 0 aromatic heterocycles. The Bertz CT molecular complexity index is 1180. The summed E-state index contributed by atoms with van der Waals surface area (Å²) in [5, 5.41) is 2.92. The molecule has 0 spiro atoms. The highest BCUT2D eigenvalue weighted by molar-refractivity contribution is 8.15. The van der Waals surface area contributed by atoms with Crippen LogP contribution in [0, 0.1) is 5.92 Å². The van der Waals surface area contributed by atoms with E-state index in [0.29, 0.717) is 34.6 Å². The van der Waals surface area contributed by atoms with Crippen molar-refractivity contribution in [1.29, 1.82) is 0 Å². The minimum atomic E-state index is -0.483. The van der Waals surface area contributed by atoms with Crippen LogP contribution in [0.1, 0.15) is 32.8 Å². The molecule has 1 N–H and O–H groups in total. The highest BCUT2D eigenvalue weighted by atomic mass is 32.2. The van der Waals surface area contributed by atoms with Crippen molar-refractivity contribution in [3.05, 3.63) is 48.0 Å². The lowest BCUT2D eigenvalue weighted by Crippen LogP contribution is -2.43. The van der Waals surface area contributed by atoms with Gasteiger partial charge in [0.2, 0.25) is 5.91 Å². The zero-order valence-corrected chi connectivity index (χ0v) is 20.7. The van der Waals surface area contributed by atoms with Crippen LogP contribution in [-0.4, -0.2) is 53.2 Å². The molecule has 0 saturated carbocycles. The third-order valence-electron chi connectivity index (χ3n) is 5.71. The number of benzene rings is 2. The third-order valence-corrected chi connectivity index (χ3v) is 7.02. The number of para-hydroxylation sites is 1. The summed E-state index contributed by atoms with van der Waals surface area (Å²) in [4.78, 5) is 37.5. The van der Waals surface area contributed by atoms with E-state index in [1.165, 1.54) is 18.9 Å². The summed E-state index contributed by atoms with van der Waals surface area (Å²) in [6, 6.07) is 12.4. The molecule has 4 rings (SSSR count). The molecule has 0 fully saturated rings. The average Bonchev–Trinajstić information content (AvgIpc) is 3.20. The number of amides is 2. The smallest absolute Gasteiger partial charge is 0.259 e. The Balaban J connectivity index is 1.61. The number of hydrogen-bond donors (Lipinski definition) is 1. The third kappa shape index (κ3) is 4.40. The summed E-state index contributed by atoms with van der Waals surface area (Å²) in [6.45, 7) is 5.88. The summed E-state index contributed by atoms with van der Waals surface area (Å²) in [5.41, 5.74) is 2.11. The minimum Gasteiger partial charge on any atom is -0.497 e. The Labute approximate surface area is 203 Å². The number of fused-ring (bicyclic) bond motifs is 3. The summed E-state index contributed by atoms with van der Waals surface area (Å²) < 4.78 is 10.6. The molecule has 0 radical (unpaired) electrons. The number of nitrogens with zero attached hydrogens (tertiary/aromatic N) is 3. The fraction of sp³-hybridized carbons (Fsp3) is 0.360. The van der Waals surface area contributed by atoms with Crippen LogP contribution in [0.4, 0.5) is 11.4 Å². The van der Waals surface area contributed by atoms with Crippen LogP contribution in [-0.2, 0) is 9.59 Å². The van der Waals surface area contributed by atoms with Gasteiger partial charge in [0.1, 0.15) is 23.4 Å². The SMILES string of the molecule is CC[C@H](SC1=Nc2ccccc2C2=N[C@H](C(C)C)C(=O)N12)C(=O)Nc1ccc(OC)cc1OC. The van der Waals surface area contributed by atoms with Crippen LogP contribution in [0.3, 0.4) is 0 Å². The zero-order valence-electron chi connectivity index (χ0n) is 19.9. The Morgan fingerprint density at radius 1 is 1.18 bits per heavy atom. The van der Waals surface area contributed by atoms with Crippen LogP contribution >= 0.6 is 11.8 Å². The molecule has 0 unspecified atom stereocenters. The van der Waals surface area contributed by atoms with Gasteiger partial charge in [-0.05, 0) is 36.6 Å². The van der Waals surface area contributed by atoms with E-state index < -0.39 is 11.3 Å². The van der Waals surface area contributed by atoms with Crippen molar-refractivity contribution in [2.24, 2.45) is 15.9 Å². The van der Waals surface area contributed by atoms with Crippen molar-refractivity contribution >= 4 is 46.0 Å². The second kappa shape index (κ2) is 9.89. The van der Waals surface area contributed by atoms with Gasteiger partial charge in [-0.25, -0.2) is 9.89 Å². The average molecular weight is 481 g/mol. The molecule has 2 aliphatic heterocycles. The van der Waals surface area contributed by atoms with Crippen LogP contribution in [0.15, 0.2) is 52.4 Å². The maximum absolute atomic E-state index is 13.3. The molecule has 9 heteroatoms. The Morgan fingerprint density at radius 2 is 1.94 bits per heavy atom. The maximum Gasteiger partial charge on any atom is 0.259 e.